The maximum Gasteiger partial charge on any atom is 0.246 e. The van der Waals surface area contributed by atoms with Crippen LogP contribution in [0.1, 0.15) is 5.56 Å². The van der Waals surface area contributed by atoms with Crippen LogP contribution in [-0.4, -0.2) is 48.3 Å². The van der Waals surface area contributed by atoms with Gasteiger partial charge in [0.25, 0.3) is 0 Å². The summed E-state index contributed by atoms with van der Waals surface area (Å²) in [6, 6.07) is 7.16. The number of hydrogen-bond acceptors (Lipinski definition) is 5. The summed E-state index contributed by atoms with van der Waals surface area (Å²) in [5, 5.41) is 15.3. The van der Waals surface area contributed by atoms with Gasteiger partial charge < -0.3 is 9.84 Å². The van der Waals surface area contributed by atoms with Crippen LogP contribution in [0.4, 0.5) is 0 Å². The molecule has 1 aromatic carbocycles. The van der Waals surface area contributed by atoms with Gasteiger partial charge >= 0.3 is 0 Å². The van der Waals surface area contributed by atoms with Gasteiger partial charge in [0.15, 0.2) is 0 Å². The van der Waals surface area contributed by atoms with Crippen molar-refractivity contribution in [1.82, 2.24) is 14.5 Å². The van der Waals surface area contributed by atoms with Crippen molar-refractivity contribution in [2.75, 3.05) is 20.3 Å². The molecule has 0 fully saturated rings. The molecule has 0 aliphatic carbocycles. The molecule has 0 bridgehead atoms. The predicted molar refractivity (Wildman–Crippen MR) is 76.3 cm³/mol. The van der Waals surface area contributed by atoms with Gasteiger partial charge in [-0.05, 0) is 6.07 Å². The molecule has 0 saturated carbocycles. The first kappa shape index (κ1) is 15.5. The van der Waals surface area contributed by atoms with E-state index in [4.69, 9.17) is 9.84 Å². The third kappa shape index (κ3) is 3.41. The molecule has 0 unspecified atom stereocenters. The average Bonchev–Trinajstić information content (AvgIpc) is 3.02. The molecule has 114 valence electrons. The van der Waals surface area contributed by atoms with Gasteiger partial charge in [0.1, 0.15) is 10.6 Å². The molecular weight excluding hydrogens is 294 g/mol. The van der Waals surface area contributed by atoms with E-state index in [1.54, 1.807) is 18.2 Å². The standard InChI is InChI=1S/C13H17N3O4S/c1-20-13-5-3-2-4-11(13)10-16(6-7-17)21(18,19)12-8-14-15-9-12/h2-5,8-9,17H,6-7,10H2,1H3,(H,14,15). The molecule has 2 rings (SSSR count). The van der Waals surface area contributed by atoms with E-state index in [0.717, 1.165) is 5.56 Å². The summed E-state index contributed by atoms with van der Waals surface area (Å²) in [5.41, 5.74) is 0.723. The highest BCUT2D eigenvalue weighted by molar-refractivity contribution is 7.89. The molecule has 8 heteroatoms. The highest BCUT2D eigenvalue weighted by atomic mass is 32.2. The van der Waals surface area contributed by atoms with Gasteiger partial charge in [0, 0.05) is 24.8 Å². The number of aliphatic hydroxyl groups excluding tert-OH is 1. The Morgan fingerprint density at radius 3 is 2.76 bits per heavy atom. The largest absolute Gasteiger partial charge is 0.496 e. The second kappa shape index (κ2) is 6.70. The predicted octanol–water partition coefficient (Wildman–Crippen LogP) is 0.602. The SMILES string of the molecule is COc1ccccc1CN(CCO)S(=O)(=O)c1cn[nH]c1. The number of benzene rings is 1. The molecule has 0 aliphatic rings. The summed E-state index contributed by atoms with van der Waals surface area (Å²) >= 11 is 0. The van der Waals surface area contributed by atoms with E-state index in [1.165, 1.54) is 23.8 Å². The summed E-state index contributed by atoms with van der Waals surface area (Å²) in [6.45, 7) is -0.171. The lowest BCUT2D eigenvalue weighted by Gasteiger charge is -2.21. The van der Waals surface area contributed by atoms with Gasteiger partial charge in [0.2, 0.25) is 10.0 Å². The average molecular weight is 311 g/mol. The maximum absolute atomic E-state index is 12.5. The van der Waals surface area contributed by atoms with Crippen LogP contribution in [0.15, 0.2) is 41.6 Å². The summed E-state index contributed by atoms with van der Waals surface area (Å²) < 4.78 is 31.4. The van der Waals surface area contributed by atoms with Crippen LogP contribution in [-0.2, 0) is 16.6 Å². The molecule has 0 spiro atoms. The number of H-pyrrole nitrogens is 1. The van der Waals surface area contributed by atoms with Gasteiger partial charge in [-0.3, -0.25) is 5.10 Å². The van der Waals surface area contributed by atoms with Gasteiger partial charge in [0.05, 0.1) is 19.9 Å². The summed E-state index contributed by atoms with van der Waals surface area (Å²) in [7, 11) is -2.19. The first-order valence-corrected chi connectivity index (χ1v) is 7.75. The minimum atomic E-state index is -3.72. The fourth-order valence-electron chi connectivity index (χ4n) is 1.95. The molecule has 0 radical (unpaired) electrons. The lowest BCUT2D eigenvalue weighted by atomic mass is 10.2. The number of rotatable bonds is 7. The van der Waals surface area contributed by atoms with Crippen LogP contribution in [0.3, 0.4) is 0 Å². The number of nitrogens with zero attached hydrogens (tertiary/aromatic N) is 2. The third-order valence-electron chi connectivity index (χ3n) is 3.00. The molecule has 0 aliphatic heterocycles. The number of aromatic nitrogens is 2. The number of para-hydroxylation sites is 1. The molecule has 1 aromatic heterocycles. The number of ether oxygens (including phenoxy) is 1. The molecule has 0 saturated heterocycles. The molecule has 0 amide bonds. The fraction of sp³-hybridized carbons (Fsp3) is 0.308. The Labute approximate surface area is 123 Å². The zero-order valence-electron chi connectivity index (χ0n) is 11.6. The highest BCUT2D eigenvalue weighted by Gasteiger charge is 2.26. The van der Waals surface area contributed by atoms with Crippen LogP contribution in [0.5, 0.6) is 5.75 Å². The third-order valence-corrected chi connectivity index (χ3v) is 4.81. The van der Waals surface area contributed by atoms with Crippen molar-refractivity contribution in [3.63, 3.8) is 0 Å². The Balaban J connectivity index is 2.32. The number of aliphatic hydroxyl groups is 1. The number of nitrogens with one attached hydrogen (secondary N) is 1. The fourth-order valence-corrected chi connectivity index (χ4v) is 3.27. The molecule has 0 atom stereocenters. The first-order valence-electron chi connectivity index (χ1n) is 6.31. The number of hydrogen-bond donors (Lipinski definition) is 2. The van der Waals surface area contributed by atoms with Crippen molar-refractivity contribution in [2.24, 2.45) is 0 Å². The lowest BCUT2D eigenvalue weighted by Crippen LogP contribution is -2.33. The topological polar surface area (TPSA) is 95.5 Å². The zero-order valence-corrected chi connectivity index (χ0v) is 12.4. The molecule has 21 heavy (non-hydrogen) atoms. The van der Waals surface area contributed by atoms with Gasteiger partial charge in [-0.1, -0.05) is 18.2 Å². The highest BCUT2D eigenvalue weighted by Crippen LogP contribution is 2.22. The van der Waals surface area contributed by atoms with Gasteiger partial charge in [-0.2, -0.15) is 9.40 Å². The first-order chi connectivity index (χ1) is 10.1. The molecule has 7 nitrogen and oxygen atoms in total. The number of methoxy groups -OCH3 is 1. The Kier molecular flexibility index (Phi) is 4.94. The quantitative estimate of drug-likeness (QED) is 0.781. The smallest absolute Gasteiger partial charge is 0.246 e. The normalized spacial score (nSPS) is 11.8. The van der Waals surface area contributed by atoms with Crippen molar-refractivity contribution >= 4 is 10.0 Å². The second-order valence-electron chi connectivity index (χ2n) is 4.31. The van der Waals surface area contributed by atoms with Gasteiger partial charge in [-0.25, -0.2) is 8.42 Å². The molecule has 1 heterocycles. The van der Waals surface area contributed by atoms with Crippen LogP contribution in [0.2, 0.25) is 0 Å². The van der Waals surface area contributed by atoms with Crippen LogP contribution >= 0.6 is 0 Å². The van der Waals surface area contributed by atoms with Crippen LogP contribution < -0.4 is 4.74 Å². The molecule has 2 aromatic rings. The zero-order chi connectivity index (χ0) is 15.3. The minimum absolute atomic E-state index is 0.00837. The van der Waals surface area contributed by atoms with Crippen molar-refractivity contribution in [2.45, 2.75) is 11.4 Å². The lowest BCUT2D eigenvalue weighted by molar-refractivity contribution is 0.250. The number of aromatic amines is 1. The summed E-state index contributed by atoms with van der Waals surface area (Å²) in [5.74, 6) is 0.600. The second-order valence-corrected chi connectivity index (χ2v) is 6.25. The molecular formula is C13H17N3O4S. The number of sulfonamides is 1. The van der Waals surface area contributed by atoms with E-state index in [0.29, 0.717) is 5.75 Å². The van der Waals surface area contributed by atoms with E-state index in [9.17, 15) is 8.42 Å². The van der Waals surface area contributed by atoms with Gasteiger partial charge in [-0.15, -0.1) is 0 Å². The van der Waals surface area contributed by atoms with E-state index in [-0.39, 0.29) is 24.6 Å². The van der Waals surface area contributed by atoms with Crippen molar-refractivity contribution < 1.29 is 18.3 Å². The Morgan fingerprint density at radius 1 is 1.38 bits per heavy atom. The van der Waals surface area contributed by atoms with Crippen molar-refractivity contribution in [3.05, 3.63) is 42.2 Å². The Bertz CT molecular complexity index is 670. The maximum atomic E-state index is 12.5. The van der Waals surface area contributed by atoms with Crippen molar-refractivity contribution in [1.29, 1.82) is 0 Å². The summed E-state index contributed by atoms with van der Waals surface area (Å²) in [6.07, 6.45) is 2.55. The van der Waals surface area contributed by atoms with E-state index in [1.807, 2.05) is 6.07 Å². The Morgan fingerprint density at radius 2 is 2.14 bits per heavy atom. The monoisotopic (exact) mass is 311 g/mol. The van der Waals surface area contributed by atoms with Crippen LogP contribution in [0, 0.1) is 0 Å². The molecule has 2 N–H and O–H groups in total. The van der Waals surface area contributed by atoms with E-state index < -0.39 is 10.0 Å². The Hall–Kier alpha value is -1.90. The van der Waals surface area contributed by atoms with Crippen LogP contribution in [0.25, 0.3) is 0 Å². The van der Waals surface area contributed by atoms with E-state index in [2.05, 4.69) is 10.2 Å². The minimum Gasteiger partial charge on any atom is -0.496 e. The van der Waals surface area contributed by atoms with E-state index >= 15 is 0 Å². The summed E-state index contributed by atoms with van der Waals surface area (Å²) in [4.78, 5) is 0.0610. The van der Waals surface area contributed by atoms with Crippen molar-refractivity contribution in [3.8, 4) is 5.75 Å².